The molecule has 1 aliphatic rings. The van der Waals surface area contributed by atoms with Gasteiger partial charge in [-0.2, -0.15) is 5.10 Å². The van der Waals surface area contributed by atoms with Gasteiger partial charge in [0.15, 0.2) is 5.65 Å². The minimum absolute atomic E-state index is 0.0831. The number of nitrogens with zero attached hydrogens (tertiary/aromatic N) is 5. The van der Waals surface area contributed by atoms with Gasteiger partial charge in [-0.1, -0.05) is 24.8 Å². The van der Waals surface area contributed by atoms with Crippen LogP contribution in [-0.4, -0.2) is 46.5 Å². The molecule has 10 heteroatoms. The highest BCUT2D eigenvalue weighted by molar-refractivity contribution is 7.83. The monoisotopic (exact) mass is 475 g/mol. The zero-order chi connectivity index (χ0) is 23.7. The van der Waals surface area contributed by atoms with Crippen molar-refractivity contribution in [2.45, 2.75) is 18.9 Å². The fraction of sp³-hybridized carbons (Fsp3) is 0.208. The molecule has 2 atom stereocenters. The van der Waals surface area contributed by atoms with E-state index in [1.54, 1.807) is 4.90 Å². The summed E-state index contributed by atoms with van der Waals surface area (Å²) in [5, 5.41) is 5.64. The Morgan fingerprint density at radius 3 is 2.59 bits per heavy atom. The molecule has 174 valence electrons. The summed E-state index contributed by atoms with van der Waals surface area (Å²) in [6.07, 6.45) is 3.06. The molecule has 1 fully saturated rings. The number of rotatable bonds is 6. The Kier molecular flexibility index (Phi) is 5.99. The molecule has 0 amide bonds. The van der Waals surface area contributed by atoms with Crippen LogP contribution < -0.4 is 10.5 Å². The van der Waals surface area contributed by atoms with Gasteiger partial charge in [-0.15, -0.1) is 0 Å². The van der Waals surface area contributed by atoms with E-state index in [0.29, 0.717) is 41.4 Å². The van der Waals surface area contributed by atoms with Gasteiger partial charge in [-0.3, -0.25) is 4.21 Å². The predicted molar refractivity (Wildman–Crippen MR) is 130 cm³/mol. The summed E-state index contributed by atoms with van der Waals surface area (Å²) in [7, 11) is 0. The molecule has 0 spiro atoms. The summed E-state index contributed by atoms with van der Waals surface area (Å²) in [6, 6.07) is 17.1. The Balaban J connectivity index is 1.49. The molecule has 0 aliphatic carbocycles. The topological polar surface area (TPSA) is 122 Å². The molecule has 4 aromatic rings. The van der Waals surface area contributed by atoms with Crippen molar-refractivity contribution in [3.05, 3.63) is 72.5 Å². The first-order valence-corrected chi connectivity index (χ1v) is 11.9. The molecule has 0 radical (unpaired) electrons. The van der Waals surface area contributed by atoms with Crippen LogP contribution in [0.15, 0.2) is 72.5 Å². The fourth-order valence-corrected chi connectivity index (χ4v) is 4.62. The molecular formula is C24H23N6O3S-. The van der Waals surface area contributed by atoms with Gasteiger partial charge in [0.2, 0.25) is 0 Å². The second kappa shape index (κ2) is 9.24. The van der Waals surface area contributed by atoms with Gasteiger partial charge in [0, 0.05) is 18.7 Å². The first-order valence-electron chi connectivity index (χ1n) is 10.9. The number of ether oxygens (including phenoxy) is 1. The largest absolute Gasteiger partial charge is 0.767 e. The molecule has 2 aromatic heterocycles. The lowest BCUT2D eigenvalue weighted by Gasteiger charge is -2.36. The number of likely N-dealkylation sites (tertiary alicyclic amines) is 1. The van der Waals surface area contributed by atoms with Crippen molar-refractivity contribution in [3.63, 3.8) is 0 Å². The van der Waals surface area contributed by atoms with Gasteiger partial charge in [0.1, 0.15) is 29.3 Å². The number of nitrogen functional groups attached to an aromatic ring is 1. The summed E-state index contributed by atoms with van der Waals surface area (Å²) in [5.74, 6) is 1.80. The molecule has 0 saturated carbocycles. The second-order valence-electron chi connectivity index (χ2n) is 8.06. The number of piperidine rings is 1. The van der Waals surface area contributed by atoms with E-state index in [2.05, 4.69) is 16.5 Å². The van der Waals surface area contributed by atoms with E-state index in [-0.39, 0.29) is 11.1 Å². The maximum Gasteiger partial charge on any atom is 0.164 e. The Bertz CT molecular complexity index is 1360. The number of hydrogen-bond donors (Lipinski definition) is 1. The van der Waals surface area contributed by atoms with Crippen LogP contribution in [-0.2, 0) is 11.1 Å². The van der Waals surface area contributed by atoms with E-state index in [1.165, 1.54) is 6.33 Å². The number of fused-ring (bicyclic) bond motifs is 1. The number of para-hydroxylation sites is 1. The fourth-order valence-electron chi connectivity index (χ4n) is 4.24. The van der Waals surface area contributed by atoms with E-state index < -0.39 is 11.1 Å². The Morgan fingerprint density at radius 1 is 1.12 bits per heavy atom. The lowest BCUT2D eigenvalue weighted by Crippen LogP contribution is -2.37. The molecule has 3 heterocycles. The van der Waals surface area contributed by atoms with Gasteiger partial charge in [-0.05, 0) is 60.3 Å². The van der Waals surface area contributed by atoms with Crippen LogP contribution in [0.5, 0.6) is 11.5 Å². The van der Waals surface area contributed by atoms with E-state index in [1.807, 2.05) is 59.3 Å². The van der Waals surface area contributed by atoms with Crippen LogP contribution in [0, 0.1) is 0 Å². The number of anilines is 1. The second-order valence-corrected chi connectivity index (χ2v) is 9.00. The molecule has 1 saturated heterocycles. The smallest absolute Gasteiger partial charge is 0.164 e. The van der Waals surface area contributed by atoms with Crippen LogP contribution in [0.4, 0.5) is 5.82 Å². The molecular weight excluding hydrogens is 452 g/mol. The molecule has 2 aromatic carbocycles. The quantitative estimate of drug-likeness (QED) is 0.417. The average molecular weight is 476 g/mol. The molecule has 1 aliphatic heterocycles. The summed E-state index contributed by atoms with van der Waals surface area (Å²) in [6.45, 7) is 4.80. The van der Waals surface area contributed by atoms with Crippen molar-refractivity contribution in [2.75, 3.05) is 18.8 Å². The van der Waals surface area contributed by atoms with Crippen LogP contribution in [0.25, 0.3) is 22.3 Å². The minimum Gasteiger partial charge on any atom is -0.767 e. The normalized spacial score (nSPS) is 17.0. The Morgan fingerprint density at radius 2 is 1.85 bits per heavy atom. The van der Waals surface area contributed by atoms with Crippen LogP contribution in [0.3, 0.4) is 0 Å². The summed E-state index contributed by atoms with van der Waals surface area (Å²) in [5.41, 5.74) is 8.39. The number of benzene rings is 2. The van der Waals surface area contributed by atoms with Crippen molar-refractivity contribution in [2.24, 2.45) is 0 Å². The first kappa shape index (κ1) is 22.1. The van der Waals surface area contributed by atoms with Crippen LogP contribution >= 0.6 is 0 Å². The lowest BCUT2D eigenvalue weighted by molar-refractivity contribution is 0.221. The first-order chi connectivity index (χ1) is 16.5. The van der Waals surface area contributed by atoms with Gasteiger partial charge < -0.3 is 19.9 Å². The third-order valence-electron chi connectivity index (χ3n) is 5.91. The van der Waals surface area contributed by atoms with Crippen LogP contribution in [0.1, 0.15) is 18.9 Å². The highest BCUT2D eigenvalue weighted by atomic mass is 32.2. The molecule has 0 bridgehead atoms. The maximum absolute atomic E-state index is 11.4. The number of nitrogens with two attached hydrogens (primary N) is 1. The lowest BCUT2D eigenvalue weighted by atomic mass is 10.1. The van der Waals surface area contributed by atoms with Crippen LogP contribution in [0.2, 0.25) is 0 Å². The molecule has 5 rings (SSSR count). The van der Waals surface area contributed by atoms with Crippen molar-refractivity contribution < 1.29 is 13.5 Å². The summed E-state index contributed by atoms with van der Waals surface area (Å²) in [4.78, 5) is 10.4. The standard InChI is InChI=1S/C24H24N6O3S/c1-16(34(31)32)29-13-5-6-18(14-29)30-24-21(23(25)26-15-27-24)22(28-30)17-9-11-20(12-10-17)33-19-7-3-2-4-8-19/h2-4,7-12,15,18H,1,5-6,13-14H2,(H,31,32)(H2,25,26,27)/p-1. The molecule has 9 nitrogen and oxygen atoms in total. The van der Waals surface area contributed by atoms with Crippen molar-refractivity contribution in [1.29, 1.82) is 0 Å². The van der Waals surface area contributed by atoms with Gasteiger partial charge in [0.25, 0.3) is 0 Å². The Labute approximate surface area is 199 Å². The highest BCUT2D eigenvalue weighted by Crippen LogP contribution is 2.35. The zero-order valence-corrected chi connectivity index (χ0v) is 19.1. The predicted octanol–water partition coefficient (Wildman–Crippen LogP) is 3.86. The SMILES string of the molecule is C=C(N1CCCC(n2nc(-c3ccc(Oc4ccccc4)cc3)c3c(N)ncnc32)C1)S(=O)[O-]. The summed E-state index contributed by atoms with van der Waals surface area (Å²) < 4.78 is 30.6. The Hall–Kier alpha value is -3.76. The number of hydrogen-bond acceptors (Lipinski definition) is 8. The van der Waals surface area contributed by atoms with Gasteiger partial charge in [-0.25, -0.2) is 14.6 Å². The van der Waals surface area contributed by atoms with E-state index in [9.17, 15) is 8.76 Å². The highest BCUT2D eigenvalue weighted by Gasteiger charge is 2.27. The van der Waals surface area contributed by atoms with E-state index >= 15 is 0 Å². The molecule has 2 unspecified atom stereocenters. The van der Waals surface area contributed by atoms with E-state index in [4.69, 9.17) is 15.6 Å². The summed E-state index contributed by atoms with van der Waals surface area (Å²) >= 11 is -2.36. The van der Waals surface area contributed by atoms with Gasteiger partial charge >= 0.3 is 0 Å². The average Bonchev–Trinajstić information content (AvgIpc) is 3.26. The third-order valence-corrected chi connectivity index (χ3v) is 6.56. The molecule has 34 heavy (non-hydrogen) atoms. The van der Waals surface area contributed by atoms with Crippen molar-refractivity contribution in [3.8, 4) is 22.8 Å². The zero-order valence-electron chi connectivity index (χ0n) is 18.3. The maximum atomic E-state index is 11.4. The van der Waals surface area contributed by atoms with Crippen molar-refractivity contribution in [1.82, 2.24) is 24.6 Å². The minimum atomic E-state index is -2.36. The number of aromatic nitrogens is 4. The van der Waals surface area contributed by atoms with E-state index in [0.717, 1.165) is 24.2 Å². The van der Waals surface area contributed by atoms with Gasteiger partial charge in [0.05, 0.1) is 16.5 Å². The molecule has 2 N–H and O–H groups in total. The third kappa shape index (κ3) is 4.25. The van der Waals surface area contributed by atoms with Crippen molar-refractivity contribution >= 4 is 27.9 Å².